The van der Waals surface area contributed by atoms with Crippen molar-refractivity contribution in [3.05, 3.63) is 16.4 Å². The van der Waals surface area contributed by atoms with Gasteiger partial charge in [0, 0.05) is 41.5 Å². The molecule has 1 saturated heterocycles. The topological polar surface area (TPSA) is 38.0 Å². The van der Waals surface area contributed by atoms with E-state index in [0.29, 0.717) is 16.8 Å². The normalized spacial score (nSPS) is 22.7. The minimum Gasteiger partial charge on any atom is -0.392 e. The van der Waals surface area contributed by atoms with Crippen molar-refractivity contribution in [2.24, 2.45) is 7.05 Å². The van der Waals surface area contributed by atoms with Gasteiger partial charge in [0.05, 0.1) is 11.8 Å². The minimum atomic E-state index is -0.326. The van der Waals surface area contributed by atoms with Crippen molar-refractivity contribution < 1.29 is 5.11 Å². The fourth-order valence-electron chi connectivity index (χ4n) is 1.97. The molecule has 0 radical (unpaired) electrons. The number of aromatic nitrogens is 2. The minimum absolute atomic E-state index is 0.324. The molecular weight excluding hydrogens is 276 g/mol. The zero-order chi connectivity index (χ0) is 12.4. The highest BCUT2D eigenvalue weighted by atomic mass is 35.5. The summed E-state index contributed by atoms with van der Waals surface area (Å²) in [6.07, 6.45) is 0.282. The first-order chi connectivity index (χ1) is 8.09. The molecule has 1 aliphatic rings. The van der Waals surface area contributed by atoms with Crippen molar-refractivity contribution in [3.63, 3.8) is 0 Å². The van der Waals surface area contributed by atoms with Crippen LogP contribution in [-0.2, 0) is 13.5 Å². The standard InChI is InChI=1S/C11H17ClN2OS2/c1-7-8(11(12)14(2)13-7)5-9(15)10-6-16-3-4-17-10/h9-10,15H,3-6H2,1-2H3. The molecule has 1 aliphatic heterocycles. The van der Waals surface area contributed by atoms with Crippen molar-refractivity contribution in [1.29, 1.82) is 0 Å². The van der Waals surface area contributed by atoms with Gasteiger partial charge in [-0.25, -0.2) is 0 Å². The molecular formula is C11H17ClN2OS2. The molecule has 2 unspecified atom stereocenters. The quantitative estimate of drug-likeness (QED) is 0.926. The zero-order valence-corrected chi connectivity index (χ0v) is 12.4. The van der Waals surface area contributed by atoms with Crippen LogP contribution in [0.15, 0.2) is 0 Å². The number of nitrogens with zero attached hydrogens (tertiary/aromatic N) is 2. The molecule has 2 rings (SSSR count). The van der Waals surface area contributed by atoms with Crippen LogP contribution in [0, 0.1) is 6.92 Å². The molecule has 0 amide bonds. The van der Waals surface area contributed by atoms with E-state index < -0.39 is 0 Å². The number of hydrogen-bond donors (Lipinski definition) is 1. The lowest BCUT2D eigenvalue weighted by atomic mass is 10.1. The Bertz CT molecular complexity index is 391. The average molecular weight is 293 g/mol. The van der Waals surface area contributed by atoms with Crippen LogP contribution in [0.5, 0.6) is 0 Å². The maximum atomic E-state index is 10.3. The monoisotopic (exact) mass is 292 g/mol. The van der Waals surface area contributed by atoms with Gasteiger partial charge in [0.15, 0.2) is 0 Å². The van der Waals surface area contributed by atoms with Gasteiger partial charge in [-0.05, 0) is 6.92 Å². The Hall–Kier alpha value is 0.160. The van der Waals surface area contributed by atoms with Crippen LogP contribution in [-0.4, -0.2) is 43.5 Å². The molecule has 6 heteroatoms. The van der Waals surface area contributed by atoms with Crippen LogP contribution in [0.1, 0.15) is 11.3 Å². The molecule has 3 nitrogen and oxygen atoms in total. The lowest BCUT2D eigenvalue weighted by molar-refractivity contribution is 0.177. The summed E-state index contributed by atoms with van der Waals surface area (Å²) in [7, 11) is 1.83. The second-order valence-electron chi connectivity index (χ2n) is 4.23. The van der Waals surface area contributed by atoms with E-state index in [1.54, 1.807) is 4.68 Å². The van der Waals surface area contributed by atoms with Gasteiger partial charge in [-0.1, -0.05) is 11.6 Å². The number of halogens is 1. The molecule has 1 N–H and O–H groups in total. The SMILES string of the molecule is Cc1nn(C)c(Cl)c1CC(O)C1CSCCS1. The van der Waals surface area contributed by atoms with E-state index in [2.05, 4.69) is 5.10 Å². The predicted molar refractivity (Wildman–Crippen MR) is 76.2 cm³/mol. The van der Waals surface area contributed by atoms with Crippen LogP contribution < -0.4 is 0 Å². The van der Waals surface area contributed by atoms with Gasteiger partial charge in [0.2, 0.25) is 0 Å². The zero-order valence-electron chi connectivity index (χ0n) is 10.0. The van der Waals surface area contributed by atoms with E-state index in [-0.39, 0.29) is 6.10 Å². The molecule has 0 bridgehead atoms. The lowest BCUT2D eigenvalue weighted by Crippen LogP contribution is -2.30. The van der Waals surface area contributed by atoms with Crippen LogP contribution in [0.2, 0.25) is 5.15 Å². The van der Waals surface area contributed by atoms with E-state index >= 15 is 0 Å². The van der Waals surface area contributed by atoms with Gasteiger partial charge >= 0.3 is 0 Å². The second-order valence-corrected chi connectivity index (χ2v) is 7.09. The number of hydrogen-bond acceptors (Lipinski definition) is 4. The number of aryl methyl sites for hydroxylation is 2. The summed E-state index contributed by atoms with van der Waals surface area (Å²) >= 11 is 9.96. The van der Waals surface area contributed by atoms with Gasteiger partial charge in [0.1, 0.15) is 5.15 Å². The summed E-state index contributed by atoms with van der Waals surface area (Å²) in [5.74, 6) is 3.36. The molecule has 0 spiro atoms. The first-order valence-corrected chi connectivity index (χ1v) is 8.23. The van der Waals surface area contributed by atoms with Crippen molar-refractivity contribution in [1.82, 2.24) is 9.78 Å². The largest absolute Gasteiger partial charge is 0.392 e. The van der Waals surface area contributed by atoms with Gasteiger partial charge in [-0.3, -0.25) is 4.68 Å². The number of rotatable bonds is 3. The van der Waals surface area contributed by atoms with E-state index in [9.17, 15) is 5.11 Å². The van der Waals surface area contributed by atoms with Crippen molar-refractivity contribution >= 4 is 35.1 Å². The van der Waals surface area contributed by atoms with Gasteiger partial charge in [-0.2, -0.15) is 28.6 Å². The molecule has 2 atom stereocenters. The highest BCUT2D eigenvalue weighted by Crippen LogP contribution is 2.29. The van der Waals surface area contributed by atoms with Gasteiger partial charge < -0.3 is 5.11 Å². The van der Waals surface area contributed by atoms with E-state index in [1.165, 1.54) is 5.75 Å². The lowest BCUT2D eigenvalue weighted by Gasteiger charge is -2.25. The van der Waals surface area contributed by atoms with Crippen LogP contribution in [0.25, 0.3) is 0 Å². The summed E-state index contributed by atoms with van der Waals surface area (Å²) in [6, 6.07) is 0. The van der Waals surface area contributed by atoms with Crippen molar-refractivity contribution in [2.45, 2.75) is 24.7 Å². The third kappa shape index (κ3) is 3.13. The second kappa shape index (κ2) is 5.87. The third-order valence-electron chi connectivity index (χ3n) is 2.95. The third-order valence-corrected chi connectivity index (χ3v) is 6.33. The average Bonchev–Trinajstić information content (AvgIpc) is 2.57. The molecule has 17 heavy (non-hydrogen) atoms. The van der Waals surface area contributed by atoms with Crippen LogP contribution in [0.3, 0.4) is 0 Å². The highest BCUT2D eigenvalue weighted by Gasteiger charge is 2.25. The first-order valence-electron chi connectivity index (χ1n) is 5.65. The molecule has 1 fully saturated rings. The predicted octanol–water partition coefficient (Wildman–Crippen LogP) is 2.13. The smallest absolute Gasteiger partial charge is 0.130 e. The molecule has 0 aromatic carbocycles. The molecule has 0 aliphatic carbocycles. The number of thioether (sulfide) groups is 2. The van der Waals surface area contributed by atoms with Gasteiger partial charge in [-0.15, -0.1) is 0 Å². The maximum Gasteiger partial charge on any atom is 0.130 e. The summed E-state index contributed by atoms with van der Waals surface area (Å²) in [5.41, 5.74) is 1.91. The summed E-state index contributed by atoms with van der Waals surface area (Å²) in [4.78, 5) is 0. The molecule has 1 aromatic rings. The fourth-order valence-corrected chi connectivity index (χ4v) is 5.00. The summed E-state index contributed by atoms with van der Waals surface area (Å²) in [5, 5.41) is 15.5. The van der Waals surface area contributed by atoms with Crippen molar-refractivity contribution in [3.8, 4) is 0 Å². The molecule has 0 saturated carbocycles. The summed E-state index contributed by atoms with van der Waals surface area (Å²) < 4.78 is 1.67. The maximum absolute atomic E-state index is 10.3. The molecule has 1 aromatic heterocycles. The molecule has 2 heterocycles. The summed E-state index contributed by atoms with van der Waals surface area (Å²) in [6.45, 7) is 1.94. The first kappa shape index (κ1) is 13.6. The molecule has 96 valence electrons. The van der Waals surface area contributed by atoms with E-state index in [0.717, 1.165) is 22.8 Å². The van der Waals surface area contributed by atoms with Crippen LogP contribution in [0.4, 0.5) is 0 Å². The van der Waals surface area contributed by atoms with Gasteiger partial charge in [0.25, 0.3) is 0 Å². The Morgan fingerprint density at radius 1 is 1.59 bits per heavy atom. The Kier molecular flexibility index (Phi) is 4.69. The van der Waals surface area contributed by atoms with E-state index in [4.69, 9.17) is 11.6 Å². The number of aliphatic hydroxyl groups is 1. The Morgan fingerprint density at radius 3 is 2.88 bits per heavy atom. The fraction of sp³-hybridized carbons (Fsp3) is 0.727. The Balaban J connectivity index is 2.04. The Labute approximate surface area is 115 Å². The van der Waals surface area contributed by atoms with Crippen LogP contribution >= 0.6 is 35.1 Å². The van der Waals surface area contributed by atoms with E-state index in [1.807, 2.05) is 37.5 Å². The van der Waals surface area contributed by atoms with Crippen molar-refractivity contribution in [2.75, 3.05) is 17.3 Å². The number of aliphatic hydroxyl groups excluding tert-OH is 1. The Morgan fingerprint density at radius 2 is 2.35 bits per heavy atom. The highest BCUT2D eigenvalue weighted by molar-refractivity contribution is 8.06.